The van der Waals surface area contributed by atoms with Crippen molar-refractivity contribution >= 4 is 34.8 Å². The summed E-state index contributed by atoms with van der Waals surface area (Å²) in [6, 6.07) is 11.4. The van der Waals surface area contributed by atoms with Gasteiger partial charge in [-0.05, 0) is 36.4 Å². The molecule has 0 aromatic heterocycles. The topological polar surface area (TPSA) is 84.2 Å². The Bertz CT molecular complexity index is 684. The number of carbonyl (C=O) groups is 2. The summed E-state index contributed by atoms with van der Waals surface area (Å²) < 4.78 is 0. The van der Waals surface area contributed by atoms with Gasteiger partial charge in [-0.3, -0.25) is 9.59 Å². The molecule has 5 nitrogen and oxygen atoms in total. The van der Waals surface area contributed by atoms with Crippen LogP contribution in [0.15, 0.2) is 42.5 Å². The van der Waals surface area contributed by atoms with Gasteiger partial charge in [0, 0.05) is 18.3 Å². The molecule has 0 atom stereocenters. The van der Waals surface area contributed by atoms with Gasteiger partial charge in [-0.1, -0.05) is 17.7 Å². The summed E-state index contributed by atoms with van der Waals surface area (Å²) in [6.07, 6.45) is 0. The molecule has 0 fully saturated rings. The van der Waals surface area contributed by atoms with Crippen molar-refractivity contribution in [2.45, 2.75) is 0 Å². The van der Waals surface area contributed by atoms with Crippen LogP contribution in [0, 0.1) is 0 Å². The normalized spacial score (nSPS) is 10.0. The van der Waals surface area contributed by atoms with Gasteiger partial charge in [-0.15, -0.1) is 0 Å². The third-order valence-electron chi connectivity index (χ3n) is 2.91. The highest BCUT2D eigenvalue weighted by Crippen LogP contribution is 2.24. The van der Waals surface area contributed by atoms with Gasteiger partial charge in [-0.25, -0.2) is 0 Å². The number of halogens is 1. The summed E-state index contributed by atoms with van der Waals surface area (Å²) in [4.78, 5) is 23.6. The Labute approximate surface area is 127 Å². The van der Waals surface area contributed by atoms with Crippen LogP contribution < -0.4 is 16.4 Å². The number of hydrogen-bond acceptors (Lipinski definition) is 3. The fourth-order valence-corrected chi connectivity index (χ4v) is 1.98. The van der Waals surface area contributed by atoms with Crippen LogP contribution in [0.25, 0.3) is 0 Å². The van der Waals surface area contributed by atoms with Crippen LogP contribution in [-0.2, 0) is 0 Å². The number of amides is 2. The maximum Gasteiger partial charge on any atom is 0.257 e. The van der Waals surface area contributed by atoms with E-state index in [-0.39, 0.29) is 16.8 Å². The lowest BCUT2D eigenvalue weighted by molar-refractivity contribution is 0.0962. The van der Waals surface area contributed by atoms with E-state index >= 15 is 0 Å². The van der Waals surface area contributed by atoms with Crippen LogP contribution in [0.2, 0.25) is 5.02 Å². The van der Waals surface area contributed by atoms with E-state index in [0.29, 0.717) is 22.5 Å². The summed E-state index contributed by atoms with van der Waals surface area (Å²) in [5.74, 6) is -0.549. The third kappa shape index (κ3) is 3.32. The lowest BCUT2D eigenvalue weighted by Crippen LogP contribution is -2.18. The Hall–Kier alpha value is -2.53. The van der Waals surface area contributed by atoms with Gasteiger partial charge in [0.05, 0.1) is 16.3 Å². The highest BCUT2D eigenvalue weighted by Gasteiger charge is 2.12. The predicted molar refractivity (Wildman–Crippen MR) is 83.6 cm³/mol. The lowest BCUT2D eigenvalue weighted by Gasteiger charge is -2.08. The maximum absolute atomic E-state index is 12.1. The molecular formula is C15H14ClN3O2. The zero-order valence-electron chi connectivity index (χ0n) is 11.3. The smallest absolute Gasteiger partial charge is 0.257 e. The molecule has 21 heavy (non-hydrogen) atoms. The van der Waals surface area contributed by atoms with Crippen molar-refractivity contribution in [3.63, 3.8) is 0 Å². The molecule has 2 aromatic rings. The second-order valence-corrected chi connectivity index (χ2v) is 4.70. The van der Waals surface area contributed by atoms with Gasteiger partial charge in [0.15, 0.2) is 0 Å². The maximum atomic E-state index is 12.1. The van der Waals surface area contributed by atoms with Crippen molar-refractivity contribution in [3.05, 3.63) is 58.6 Å². The van der Waals surface area contributed by atoms with Crippen LogP contribution >= 0.6 is 11.6 Å². The number of nitrogen functional groups attached to an aromatic ring is 1. The zero-order chi connectivity index (χ0) is 15.4. The van der Waals surface area contributed by atoms with Crippen LogP contribution in [-0.4, -0.2) is 18.9 Å². The first-order valence-electron chi connectivity index (χ1n) is 6.20. The summed E-state index contributed by atoms with van der Waals surface area (Å²) in [5.41, 5.74) is 7.38. The Morgan fingerprint density at radius 2 is 1.71 bits per heavy atom. The van der Waals surface area contributed by atoms with E-state index in [0.717, 1.165) is 0 Å². The molecule has 0 radical (unpaired) electrons. The van der Waals surface area contributed by atoms with E-state index in [1.807, 2.05) is 0 Å². The minimum atomic E-state index is -0.361. The van der Waals surface area contributed by atoms with Crippen molar-refractivity contribution in [1.29, 1.82) is 0 Å². The van der Waals surface area contributed by atoms with Gasteiger partial charge in [0.1, 0.15) is 0 Å². The molecule has 0 aliphatic heterocycles. The summed E-state index contributed by atoms with van der Waals surface area (Å²) >= 11 is 6.00. The Balaban J connectivity index is 2.16. The largest absolute Gasteiger partial charge is 0.398 e. The molecule has 0 bridgehead atoms. The molecule has 4 N–H and O–H groups in total. The molecule has 2 rings (SSSR count). The average Bonchev–Trinajstić information content (AvgIpc) is 2.50. The third-order valence-corrected chi connectivity index (χ3v) is 3.33. The van der Waals surface area contributed by atoms with Crippen LogP contribution in [0.3, 0.4) is 0 Å². The molecule has 0 aliphatic rings. The van der Waals surface area contributed by atoms with E-state index in [4.69, 9.17) is 17.3 Å². The van der Waals surface area contributed by atoms with E-state index in [9.17, 15) is 9.59 Å². The summed E-state index contributed by atoms with van der Waals surface area (Å²) in [6.45, 7) is 0. The molecule has 0 saturated heterocycles. The molecule has 0 saturated carbocycles. The lowest BCUT2D eigenvalue weighted by atomic mass is 10.1. The fourth-order valence-electron chi connectivity index (χ4n) is 1.77. The first-order chi connectivity index (χ1) is 10.0. The second kappa shape index (κ2) is 6.28. The summed E-state index contributed by atoms with van der Waals surface area (Å²) in [7, 11) is 1.56. The monoisotopic (exact) mass is 303 g/mol. The quantitative estimate of drug-likeness (QED) is 0.762. The molecule has 0 aliphatic carbocycles. The van der Waals surface area contributed by atoms with E-state index < -0.39 is 0 Å². The standard InChI is InChI=1S/C15H14ClN3O2/c1-18-14(20)9-5-7-10(8-6-9)19-15(21)11-3-2-4-12(17)13(11)16/h2-8H,17H2,1H3,(H,18,20)(H,19,21). The first-order valence-corrected chi connectivity index (χ1v) is 6.58. The van der Waals surface area contributed by atoms with E-state index in [1.54, 1.807) is 49.5 Å². The number of anilines is 2. The van der Waals surface area contributed by atoms with Gasteiger partial charge in [0.25, 0.3) is 11.8 Å². The molecule has 2 amide bonds. The van der Waals surface area contributed by atoms with Gasteiger partial charge < -0.3 is 16.4 Å². The highest BCUT2D eigenvalue weighted by atomic mass is 35.5. The number of hydrogen-bond donors (Lipinski definition) is 3. The van der Waals surface area contributed by atoms with Gasteiger partial charge in [0.2, 0.25) is 0 Å². The minimum Gasteiger partial charge on any atom is -0.398 e. The van der Waals surface area contributed by atoms with Gasteiger partial charge in [-0.2, -0.15) is 0 Å². The van der Waals surface area contributed by atoms with E-state index in [1.165, 1.54) is 0 Å². The number of carbonyl (C=O) groups excluding carboxylic acids is 2. The molecule has 0 spiro atoms. The fraction of sp³-hybridized carbons (Fsp3) is 0.0667. The van der Waals surface area contributed by atoms with Crippen molar-refractivity contribution in [1.82, 2.24) is 5.32 Å². The Kier molecular flexibility index (Phi) is 4.45. The zero-order valence-corrected chi connectivity index (χ0v) is 12.1. The Morgan fingerprint density at radius 1 is 1.05 bits per heavy atom. The number of nitrogens with two attached hydrogens (primary N) is 1. The molecular weight excluding hydrogens is 290 g/mol. The molecule has 108 valence electrons. The van der Waals surface area contributed by atoms with Crippen molar-refractivity contribution in [2.75, 3.05) is 18.1 Å². The second-order valence-electron chi connectivity index (χ2n) is 4.32. The Morgan fingerprint density at radius 3 is 2.33 bits per heavy atom. The minimum absolute atomic E-state index is 0.188. The number of rotatable bonds is 3. The number of benzene rings is 2. The first kappa shape index (κ1) is 14.9. The summed E-state index contributed by atoms with van der Waals surface area (Å²) in [5, 5.41) is 5.44. The molecule has 0 unspecified atom stereocenters. The SMILES string of the molecule is CNC(=O)c1ccc(NC(=O)c2cccc(N)c2Cl)cc1. The highest BCUT2D eigenvalue weighted by molar-refractivity contribution is 6.36. The van der Waals surface area contributed by atoms with Crippen LogP contribution in [0.4, 0.5) is 11.4 Å². The molecule has 6 heteroatoms. The molecule has 0 heterocycles. The van der Waals surface area contributed by atoms with Gasteiger partial charge >= 0.3 is 0 Å². The van der Waals surface area contributed by atoms with Crippen molar-refractivity contribution in [3.8, 4) is 0 Å². The van der Waals surface area contributed by atoms with E-state index in [2.05, 4.69) is 10.6 Å². The predicted octanol–water partition coefficient (Wildman–Crippen LogP) is 2.53. The van der Waals surface area contributed by atoms with Crippen molar-refractivity contribution in [2.24, 2.45) is 0 Å². The van der Waals surface area contributed by atoms with Crippen LogP contribution in [0.1, 0.15) is 20.7 Å². The van der Waals surface area contributed by atoms with Crippen molar-refractivity contribution < 1.29 is 9.59 Å². The van der Waals surface area contributed by atoms with Crippen LogP contribution in [0.5, 0.6) is 0 Å². The number of nitrogens with one attached hydrogen (secondary N) is 2. The molecule has 2 aromatic carbocycles. The average molecular weight is 304 g/mol.